The third-order valence-corrected chi connectivity index (χ3v) is 15.2. The van der Waals surface area contributed by atoms with Crippen LogP contribution in [0.1, 0.15) is 354 Å². The third-order valence-electron chi connectivity index (χ3n) is 15.2. The van der Waals surface area contributed by atoms with E-state index in [4.69, 9.17) is 0 Å². The molecule has 71 heavy (non-hydrogen) atoms. The molecule has 0 spiro atoms. The Hall–Kier alpha value is -1.43. The Morgan fingerprint density at radius 2 is 0.606 bits per heavy atom. The normalized spacial score (nSPS) is 13.4. The maximum Gasteiger partial charge on any atom is 0.220 e. The molecule has 0 radical (unpaired) electrons. The lowest BCUT2D eigenvalue weighted by Crippen LogP contribution is -2.50. The Balaban J connectivity index is 3.51. The number of nitrogens with one attached hydrogen (secondary N) is 1. The number of aliphatic hydroxyl groups excluding tert-OH is 3. The fourth-order valence-electron chi connectivity index (χ4n) is 10.3. The number of hydrogen-bond donors (Lipinski definition) is 4. The molecule has 3 atom stereocenters. The number of hydrogen-bond acceptors (Lipinski definition) is 4. The molecule has 0 saturated heterocycles. The van der Waals surface area contributed by atoms with Gasteiger partial charge in [-0.1, -0.05) is 314 Å². The van der Waals surface area contributed by atoms with E-state index in [2.05, 4.69) is 55.6 Å². The molecular weight excluding hydrogens is 871 g/mol. The van der Waals surface area contributed by atoms with Gasteiger partial charge in [0.25, 0.3) is 0 Å². The minimum Gasteiger partial charge on any atom is -0.394 e. The molecule has 0 aliphatic heterocycles. The van der Waals surface area contributed by atoms with Gasteiger partial charge in [0, 0.05) is 6.42 Å². The van der Waals surface area contributed by atoms with Crippen molar-refractivity contribution in [1.29, 1.82) is 0 Å². The van der Waals surface area contributed by atoms with Crippen molar-refractivity contribution in [3.05, 3.63) is 36.5 Å². The number of carbonyl (C=O) groups is 1. The zero-order valence-corrected chi connectivity index (χ0v) is 48.1. The highest BCUT2D eigenvalue weighted by molar-refractivity contribution is 5.76. The molecule has 0 rings (SSSR count). The summed E-state index contributed by atoms with van der Waals surface area (Å²) in [6.07, 6.45) is 80.5. The Bertz CT molecular complexity index is 1100. The lowest BCUT2D eigenvalue weighted by molar-refractivity contribution is -0.124. The summed E-state index contributed by atoms with van der Waals surface area (Å²) in [6, 6.07) is -0.827. The van der Waals surface area contributed by atoms with Gasteiger partial charge in [-0.05, 0) is 70.6 Å². The molecular formula is C66H127NO4. The number of allylic oxidation sites excluding steroid dienone is 6. The van der Waals surface area contributed by atoms with Crippen LogP contribution in [0, 0.1) is 0 Å². The highest BCUT2D eigenvalue weighted by Crippen LogP contribution is 2.18. The smallest absolute Gasteiger partial charge is 0.220 e. The van der Waals surface area contributed by atoms with Gasteiger partial charge in [-0.15, -0.1) is 0 Å². The van der Waals surface area contributed by atoms with Crippen LogP contribution < -0.4 is 5.32 Å². The van der Waals surface area contributed by atoms with Crippen LogP contribution in [0.5, 0.6) is 0 Å². The third kappa shape index (κ3) is 56.1. The van der Waals surface area contributed by atoms with Crippen molar-refractivity contribution >= 4 is 5.91 Å². The highest BCUT2D eigenvalue weighted by atomic mass is 16.3. The summed E-state index contributed by atoms with van der Waals surface area (Å²) in [5.41, 5.74) is 0. The first-order valence-electron chi connectivity index (χ1n) is 32.3. The van der Waals surface area contributed by atoms with Gasteiger partial charge in [-0.25, -0.2) is 0 Å². The van der Waals surface area contributed by atoms with E-state index in [9.17, 15) is 20.1 Å². The van der Waals surface area contributed by atoms with Gasteiger partial charge >= 0.3 is 0 Å². The second-order valence-electron chi connectivity index (χ2n) is 22.3. The van der Waals surface area contributed by atoms with E-state index in [1.165, 1.54) is 283 Å². The van der Waals surface area contributed by atoms with E-state index in [0.717, 1.165) is 44.9 Å². The van der Waals surface area contributed by atoms with Crippen molar-refractivity contribution in [2.24, 2.45) is 0 Å². The Labute approximate surface area is 444 Å². The maximum atomic E-state index is 12.6. The van der Waals surface area contributed by atoms with Gasteiger partial charge in [0.05, 0.1) is 18.8 Å². The summed E-state index contributed by atoms with van der Waals surface area (Å²) >= 11 is 0. The largest absolute Gasteiger partial charge is 0.394 e. The fourth-order valence-corrected chi connectivity index (χ4v) is 10.3. The van der Waals surface area contributed by atoms with Crippen molar-refractivity contribution in [2.75, 3.05) is 6.61 Å². The second kappa shape index (κ2) is 61.1. The van der Waals surface area contributed by atoms with Crippen LogP contribution in [0.25, 0.3) is 0 Å². The van der Waals surface area contributed by atoms with E-state index in [0.29, 0.717) is 12.8 Å². The van der Waals surface area contributed by atoms with E-state index in [1.54, 1.807) is 0 Å². The van der Waals surface area contributed by atoms with Crippen molar-refractivity contribution in [1.82, 2.24) is 5.32 Å². The lowest BCUT2D eigenvalue weighted by Gasteiger charge is -2.26. The van der Waals surface area contributed by atoms with E-state index < -0.39 is 18.2 Å². The average molecular weight is 999 g/mol. The van der Waals surface area contributed by atoms with E-state index in [1.807, 2.05) is 0 Å². The first-order chi connectivity index (χ1) is 35.1. The topological polar surface area (TPSA) is 89.8 Å². The van der Waals surface area contributed by atoms with Crippen molar-refractivity contribution in [3.8, 4) is 0 Å². The number of amides is 1. The molecule has 5 nitrogen and oxygen atoms in total. The van der Waals surface area contributed by atoms with Crippen LogP contribution in [0.15, 0.2) is 36.5 Å². The molecule has 4 N–H and O–H groups in total. The number of rotatable bonds is 60. The Kier molecular flexibility index (Phi) is 59.9. The van der Waals surface area contributed by atoms with Crippen LogP contribution in [0.4, 0.5) is 0 Å². The molecule has 1 amide bonds. The van der Waals surface area contributed by atoms with Crippen LogP contribution in [0.2, 0.25) is 0 Å². The zero-order chi connectivity index (χ0) is 51.4. The number of unbranched alkanes of at least 4 members (excludes halogenated alkanes) is 46. The molecule has 3 unspecified atom stereocenters. The van der Waals surface area contributed by atoms with Gasteiger partial charge in [0.2, 0.25) is 5.91 Å². The summed E-state index contributed by atoms with van der Waals surface area (Å²) in [4.78, 5) is 12.6. The Morgan fingerprint density at radius 3 is 0.901 bits per heavy atom. The molecule has 0 saturated carbocycles. The maximum absolute atomic E-state index is 12.6. The standard InChI is InChI=1S/C66H127NO4/c1-3-5-7-9-11-13-15-17-19-21-23-25-27-29-30-31-32-33-34-35-36-37-39-41-43-45-47-49-51-53-55-57-59-61-65(70)67-63(62-68)66(71)64(69)60-58-56-54-52-50-48-46-44-42-40-38-28-26-24-22-20-18-16-14-12-10-8-6-4-2/h23,25,29-30,52,54,63-64,66,68-69,71H,3-22,24,26-28,31-51,53,55-62H2,1-2H3,(H,67,70)/b25-23-,30-29-,54-52+. The Morgan fingerprint density at radius 1 is 0.352 bits per heavy atom. The van der Waals surface area contributed by atoms with Gasteiger partial charge in [0.15, 0.2) is 0 Å². The summed E-state index contributed by atoms with van der Waals surface area (Å²) in [5.74, 6) is -0.148. The minimum atomic E-state index is -1.16. The zero-order valence-electron chi connectivity index (χ0n) is 48.1. The lowest BCUT2D eigenvalue weighted by atomic mass is 10.0. The summed E-state index contributed by atoms with van der Waals surface area (Å²) in [6.45, 7) is 4.21. The van der Waals surface area contributed by atoms with Crippen molar-refractivity contribution in [3.63, 3.8) is 0 Å². The summed E-state index contributed by atoms with van der Waals surface area (Å²) in [7, 11) is 0. The second-order valence-corrected chi connectivity index (χ2v) is 22.3. The van der Waals surface area contributed by atoms with Gasteiger partial charge in [-0.3, -0.25) is 4.79 Å². The van der Waals surface area contributed by atoms with E-state index in [-0.39, 0.29) is 12.5 Å². The van der Waals surface area contributed by atoms with Gasteiger partial charge in [-0.2, -0.15) is 0 Å². The molecule has 420 valence electrons. The predicted molar refractivity (Wildman–Crippen MR) is 314 cm³/mol. The minimum absolute atomic E-state index is 0.148. The van der Waals surface area contributed by atoms with Crippen LogP contribution in [0.3, 0.4) is 0 Å². The fraction of sp³-hybridized carbons (Fsp3) is 0.894. The average Bonchev–Trinajstić information content (AvgIpc) is 3.37. The number of carbonyl (C=O) groups excluding carboxylic acids is 1. The monoisotopic (exact) mass is 998 g/mol. The van der Waals surface area contributed by atoms with Crippen LogP contribution >= 0.6 is 0 Å². The van der Waals surface area contributed by atoms with Crippen molar-refractivity contribution in [2.45, 2.75) is 372 Å². The van der Waals surface area contributed by atoms with Gasteiger partial charge < -0.3 is 20.6 Å². The summed E-state index contributed by atoms with van der Waals surface area (Å²) in [5, 5.41) is 33.9. The van der Waals surface area contributed by atoms with Gasteiger partial charge in [0.1, 0.15) is 6.10 Å². The molecule has 0 fully saturated rings. The summed E-state index contributed by atoms with van der Waals surface area (Å²) < 4.78 is 0. The first-order valence-corrected chi connectivity index (χ1v) is 32.3. The number of aliphatic hydroxyl groups is 3. The molecule has 5 heteroatoms. The molecule has 0 aromatic carbocycles. The molecule has 0 aromatic heterocycles. The van der Waals surface area contributed by atoms with Crippen LogP contribution in [-0.4, -0.2) is 46.1 Å². The van der Waals surface area contributed by atoms with Crippen LogP contribution in [-0.2, 0) is 4.79 Å². The highest BCUT2D eigenvalue weighted by Gasteiger charge is 2.26. The molecule has 0 heterocycles. The quantitative estimate of drug-likeness (QED) is 0.0361. The molecule has 0 bridgehead atoms. The van der Waals surface area contributed by atoms with Crippen molar-refractivity contribution < 1.29 is 20.1 Å². The van der Waals surface area contributed by atoms with E-state index >= 15 is 0 Å². The molecule has 0 aliphatic rings. The predicted octanol–water partition coefficient (Wildman–Crippen LogP) is 20.6. The molecule has 0 aromatic rings. The first kappa shape index (κ1) is 69.6. The SMILES string of the molecule is CCCCCCCCCCC/C=C\C/C=C\CCCCCCCCCCCCCCCCCCCC(=O)NC(CO)C(O)C(O)CCC/C=C/CCCCCCCCCCCCCCCCCCCCC. The molecule has 0 aliphatic carbocycles.